The Morgan fingerprint density at radius 3 is 2.27 bits per heavy atom. The van der Waals surface area contributed by atoms with E-state index in [1.54, 1.807) is 23.1 Å². The van der Waals surface area contributed by atoms with Crippen LogP contribution in [-0.4, -0.2) is 72.2 Å². The van der Waals surface area contributed by atoms with Crippen molar-refractivity contribution in [1.82, 2.24) is 20.9 Å². The first-order valence-electron chi connectivity index (χ1n) is 17.0. The molecule has 248 valence electrons. The van der Waals surface area contributed by atoms with Crippen LogP contribution in [0.1, 0.15) is 103 Å². The van der Waals surface area contributed by atoms with Gasteiger partial charge in [0.1, 0.15) is 11.6 Å². The molecule has 0 radical (unpaired) electrons. The second-order valence-electron chi connectivity index (χ2n) is 13.1. The van der Waals surface area contributed by atoms with Gasteiger partial charge in [-0.05, 0) is 125 Å². The topological polar surface area (TPSA) is 93.7 Å². The Labute approximate surface area is 267 Å². The lowest BCUT2D eigenvalue weighted by Gasteiger charge is -2.37. The minimum absolute atomic E-state index is 0.0505. The fourth-order valence-electron chi connectivity index (χ4n) is 6.93. The fraction of sp³-hybridized carbons (Fsp3) is 0.611. The molecule has 0 saturated carbocycles. The summed E-state index contributed by atoms with van der Waals surface area (Å²) in [5.41, 5.74) is 1.86. The van der Waals surface area contributed by atoms with E-state index < -0.39 is 29.7 Å². The van der Waals surface area contributed by atoms with Gasteiger partial charge in [0.2, 0.25) is 0 Å². The van der Waals surface area contributed by atoms with Gasteiger partial charge < -0.3 is 26.0 Å². The number of carbonyl (C=O) groups is 2. The third-order valence-corrected chi connectivity index (χ3v) is 9.27. The molecule has 2 heterocycles. The van der Waals surface area contributed by atoms with Crippen molar-refractivity contribution in [3.8, 4) is 0 Å². The summed E-state index contributed by atoms with van der Waals surface area (Å²) < 4.78 is 28.2. The van der Waals surface area contributed by atoms with Crippen molar-refractivity contribution in [3.05, 3.63) is 70.3 Å². The molecule has 2 saturated heterocycles. The van der Waals surface area contributed by atoms with Gasteiger partial charge in [0.15, 0.2) is 0 Å². The molecular formula is C36H52F2N4O3. The van der Waals surface area contributed by atoms with Crippen molar-refractivity contribution in [2.75, 3.05) is 26.2 Å². The Bertz CT molecular complexity index is 1230. The number of benzene rings is 2. The number of halogens is 2. The van der Waals surface area contributed by atoms with E-state index in [0.29, 0.717) is 41.7 Å². The molecule has 5 atom stereocenters. The minimum Gasteiger partial charge on any atom is -0.389 e. The molecule has 9 heteroatoms. The molecular weight excluding hydrogens is 574 g/mol. The first-order chi connectivity index (χ1) is 21.7. The van der Waals surface area contributed by atoms with Crippen LogP contribution in [-0.2, 0) is 6.42 Å². The van der Waals surface area contributed by atoms with Gasteiger partial charge in [-0.25, -0.2) is 8.78 Å². The van der Waals surface area contributed by atoms with Crippen molar-refractivity contribution in [1.29, 1.82) is 0 Å². The summed E-state index contributed by atoms with van der Waals surface area (Å²) in [6, 6.07) is 7.88. The van der Waals surface area contributed by atoms with Crippen LogP contribution in [0.2, 0.25) is 0 Å². The van der Waals surface area contributed by atoms with Gasteiger partial charge in [-0.15, -0.1) is 0 Å². The van der Waals surface area contributed by atoms with E-state index in [4.69, 9.17) is 0 Å². The Balaban J connectivity index is 1.47. The summed E-state index contributed by atoms with van der Waals surface area (Å²) in [6.45, 7) is 9.03. The molecule has 2 fully saturated rings. The Kier molecular flexibility index (Phi) is 13.3. The van der Waals surface area contributed by atoms with Crippen LogP contribution in [0.4, 0.5) is 8.78 Å². The molecule has 2 aromatic rings. The van der Waals surface area contributed by atoms with Crippen molar-refractivity contribution in [3.63, 3.8) is 0 Å². The van der Waals surface area contributed by atoms with Crippen LogP contribution in [0.25, 0.3) is 0 Å². The second kappa shape index (κ2) is 17.2. The van der Waals surface area contributed by atoms with Crippen molar-refractivity contribution in [2.24, 2.45) is 5.92 Å². The number of piperidine rings is 2. The summed E-state index contributed by atoms with van der Waals surface area (Å²) >= 11 is 0. The van der Waals surface area contributed by atoms with E-state index in [-0.39, 0.29) is 18.4 Å². The molecule has 2 aromatic carbocycles. The highest BCUT2D eigenvalue weighted by atomic mass is 19.1. The van der Waals surface area contributed by atoms with Crippen LogP contribution in [0.15, 0.2) is 36.4 Å². The monoisotopic (exact) mass is 626 g/mol. The quantitative estimate of drug-likeness (QED) is 0.221. The summed E-state index contributed by atoms with van der Waals surface area (Å²) in [7, 11) is 0. The number of nitrogens with one attached hydrogen (secondary N) is 3. The van der Waals surface area contributed by atoms with Gasteiger partial charge in [0, 0.05) is 42.4 Å². The van der Waals surface area contributed by atoms with E-state index in [2.05, 4.69) is 16.0 Å². The molecule has 4 N–H and O–H groups in total. The standard InChI is InChI=1S/C36H52F2N4O3/c1-4-14-42(15-5-2)36(45)28-17-24(3)16-27(21-28)35(44)41-33(20-26-18-29(37)22-30(38)19-26)34(43)32-12-10-25(23-40-32)9-11-31-8-6-7-13-39-31/h16-19,21-22,25,31-34,39-40,43H,4-15,20,23H2,1-3H3,(H,41,44)/t25?,31?,32?,33-,34+/m0/s1. The normalized spacial score (nSPS) is 21.6. The van der Waals surface area contributed by atoms with E-state index in [1.165, 1.54) is 31.4 Å². The first kappa shape index (κ1) is 35.0. The molecule has 45 heavy (non-hydrogen) atoms. The number of nitrogens with zero attached hydrogens (tertiary/aromatic N) is 1. The summed E-state index contributed by atoms with van der Waals surface area (Å²) in [6.07, 6.45) is 8.47. The zero-order chi connectivity index (χ0) is 32.3. The average molecular weight is 627 g/mol. The third kappa shape index (κ3) is 10.3. The van der Waals surface area contributed by atoms with Crippen LogP contribution < -0.4 is 16.0 Å². The van der Waals surface area contributed by atoms with Gasteiger partial charge in [-0.3, -0.25) is 9.59 Å². The molecule has 0 spiro atoms. The average Bonchev–Trinajstić information content (AvgIpc) is 3.02. The van der Waals surface area contributed by atoms with E-state index in [1.807, 2.05) is 20.8 Å². The number of rotatable bonds is 14. The van der Waals surface area contributed by atoms with Gasteiger partial charge in [0.25, 0.3) is 11.8 Å². The molecule has 2 aliphatic rings. The third-order valence-electron chi connectivity index (χ3n) is 9.27. The Hall–Kier alpha value is -2.88. The maximum absolute atomic E-state index is 14.1. The molecule has 7 nitrogen and oxygen atoms in total. The van der Waals surface area contributed by atoms with Crippen LogP contribution in [0.3, 0.4) is 0 Å². The van der Waals surface area contributed by atoms with Gasteiger partial charge >= 0.3 is 0 Å². The van der Waals surface area contributed by atoms with Crippen molar-refractivity contribution in [2.45, 2.75) is 109 Å². The molecule has 0 aromatic heterocycles. The molecule has 4 rings (SSSR count). The highest BCUT2D eigenvalue weighted by Crippen LogP contribution is 2.25. The largest absolute Gasteiger partial charge is 0.389 e. The van der Waals surface area contributed by atoms with Crippen LogP contribution in [0, 0.1) is 24.5 Å². The Morgan fingerprint density at radius 1 is 0.933 bits per heavy atom. The van der Waals surface area contributed by atoms with Gasteiger partial charge in [-0.1, -0.05) is 20.3 Å². The van der Waals surface area contributed by atoms with Crippen molar-refractivity contribution >= 4 is 11.8 Å². The number of hydrogen-bond acceptors (Lipinski definition) is 5. The number of aliphatic hydroxyl groups is 1. The fourth-order valence-corrected chi connectivity index (χ4v) is 6.93. The smallest absolute Gasteiger partial charge is 0.253 e. The summed E-state index contributed by atoms with van der Waals surface area (Å²) in [5, 5.41) is 21.7. The number of hydrogen-bond donors (Lipinski definition) is 4. The number of aryl methyl sites for hydroxylation is 1. The van der Waals surface area contributed by atoms with E-state index in [9.17, 15) is 23.5 Å². The molecule has 3 unspecified atom stereocenters. The van der Waals surface area contributed by atoms with E-state index >= 15 is 0 Å². The SMILES string of the molecule is CCCN(CCC)C(=O)c1cc(C)cc(C(=O)N[C@@H](Cc2cc(F)cc(F)c2)[C@H](O)C2CCC(CCC3CCCCN3)CN2)c1. The minimum atomic E-state index is -0.989. The predicted octanol–water partition coefficient (Wildman–Crippen LogP) is 5.53. The maximum Gasteiger partial charge on any atom is 0.253 e. The number of aliphatic hydroxyl groups excluding tert-OH is 1. The molecule has 2 aliphatic heterocycles. The van der Waals surface area contributed by atoms with E-state index in [0.717, 1.165) is 63.2 Å². The molecule has 0 bridgehead atoms. The van der Waals surface area contributed by atoms with Crippen LogP contribution >= 0.6 is 0 Å². The number of amides is 2. The van der Waals surface area contributed by atoms with Crippen LogP contribution in [0.5, 0.6) is 0 Å². The van der Waals surface area contributed by atoms with Gasteiger partial charge in [0.05, 0.1) is 12.1 Å². The second-order valence-corrected chi connectivity index (χ2v) is 13.1. The summed E-state index contributed by atoms with van der Waals surface area (Å²) in [4.78, 5) is 28.8. The maximum atomic E-state index is 14.1. The highest BCUT2D eigenvalue weighted by molar-refractivity contribution is 6.00. The lowest BCUT2D eigenvalue weighted by Crippen LogP contribution is -2.56. The first-order valence-corrected chi connectivity index (χ1v) is 17.0. The van der Waals surface area contributed by atoms with Gasteiger partial charge in [-0.2, -0.15) is 0 Å². The number of carbonyl (C=O) groups excluding carboxylic acids is 2. The Morgan fingerprint density at radius 2 is 1.64 bits per heavy atom. The van der Waals surface area contributed by atoms with Crippen molar-refractivity contribution < 1.29 is 23.5 Å². The summed E-state index contributed by atoms with van der Waals surface area (Å²) in [5.74, 6) is -1.46. The predicted molar refractivity (Wildman–Crippen MR) is 174 cm³/mol. The molecule has 2 amide bonds. The lowest BCUT2D eigenvalue weighted by atomic mass is 9.85. The zero-order valence-corrected chi connectivity index (χ0v) is 27.2. The zero-order valence-electron chi connectivity index (χ0n) is 27.2. The molecule has 0 aliphatic carbocycles. The lowest BCUT2D eigenvalue weighted by molar-refractivity contribution is 0.0591. The highest BCUT2D eigenvalue weighted by Gasteiger charge is 2.33.